The van der Waals surface area contributed by atoms with Gasteiger partial charge in [0.05, 0.1) is 16.9 Å². The number of carbonyl (C=O) groups is 2. The van der Waals surface area contributed by atoms with Crippen LogP contribution in [-0.4, -0.2) is 53.6 Å². The minimum atomic E-state index is -2.65. The molecule has 2 aromatic rings. The van der Waals surface area contributed by atoms with Crippen LogP contribution in [0.5, 0.6) is 5.75 Å². The molecule has 1 aliphatic heterocycles. The first kappa shape index (κ1) is 24.1. The molecule has 2 aliphatic rings. The van der Waals surface area contributed by atoms with Crippen LogP contribution in [0.1, 0.15) is 37.8 Å². The molecule has 1 saturated heterocycles. The number of ether oxygens (including phenoxy) is 1. The van der Waals surface area contributed by atoms with Crippen molar-refractivity contribution in [3.05, 3.63) is 53.1 Å². The monoisotopic (exact) mass is 496 g/mol. The third-order valence-electron chi connectivity index (χ3n) is 6.11. The summed E-state index contributed by atoms with van der Waals surface area (Å²) in [5, 5.41) is 2.90. The number of anilines is 1. The van der Waals surface area contributed by atoms with Crippen LogP contribution in [0.4, 0.5) is 23.7 Å². The highest BCUT2D eigenvalue weighted by atomic mass is 35.5. The summed E-state index contributed by atoms with van der Waals surface area (Å²) in [7, 11) is 0. The van der Waals surface area contributed by atoms with Gasteiger partial charge in [0, 0.05) is 31.2 Å². The Morgan fingerprint density at radius 3 is 2.59 bits per heavy atom. The van der Waals surface area contributed by atoms with Crippen LogP contribution >= 0.6 is 11.6 Å². The highest BCUT2D eigenvalue weighted by Crippen LogP contribution is 2.29. The molecule has 4 rings (SSSR count). The zero-order chi connectivity index (χ0) is 24.2. The number of pyridine rings is 1. The fourth-order valence-corrected chi connectivity index (χ4v) is 4.45. The van der Waals surface area contributed by atoms with Crippen molar-refractivity contribution in [3.8, 4) is 5.75 Å². The Morgan fingerprint density at radius 2 is 1.94 bits per heavy atom. The second kappa shape index (κ2) is 10.5. The van der Waals surface area contributed by atoms with Crippen molar-refractivity contribution in [2.75, 3.05) is 24.6 Å². The maximum atomic E-state index is 13.5. The van der Waals surface area contributed by atoms with E-state index < -0.39 is 12.2 Å². The lowest BCUT2D eigenvalue weighted by Crippen LogP contribution is -2.46. The second-order valence-corrected chi connectivity index (χ2v) is 8.71. The molecule has 1 aromatic carbocycles. The van der Waals surface area contributed by atoms with Crippen molar-refractivity contribution >= 4 is 29.2 Å². The molecule has 0 bridgehead atoms. The molecule has 1 aliphatic carbocycles. The molecular weight excluding hydrogens is 473 g/mol. The van der Waals surface area contributed by atoms with Gasteiger partial charge in [-0.15, -0.1) is 0 Å². The van der Waals surface area contributed by atoms with Crippen LogP contribution in [0.25, 0.3) is 0 Å². The molecule has 0 spiro atoms. The summed E-state index contributed by atoms with van der Waals surface area (Å²) in [5.74, 6) is -0.701. The molecule has 1 N–H and O–H groups in total. The molecule has 1 saturated carbocycles. The first-order valence-electron chi connectivity index (χ1n) is 11.0. The number of urea groups is 1. The van der Waals surface area contributed by atoms with Gasteiger partial charge in [0.25, 0.3) is 12.3 Å². The van der Waals surface area contributed by atoms with Gasteiger partial charge in [-0.3, -0.25) is 14.7 Å². The van der Waals surface area contributed by atoms with E-state index in [-0.39, 0.29) is 47.1 Å². The highest BCUT2D eigenvalue weighted by molar-refractivity contribution is 6.30. The first-order valence-corrected chi connectivity index (χ1v) is 11.4. The summed E-state index contributed by atoms with van der Waals surface area (Å²) in [6.45, 7) is 0.773. The van der Waals surface area contributed by atoms with Crippen molar-refractivity contribution in [1.29, 1.82) is 0 Å². The van der Waals surface area contributed by atoms with E-state index in [1.54, 1.807) is 9.80 Å². The Hall–Kier alpha value is -3.01. The van der Waals surface area contributed by atoms with E-state index in [4.69, 9.17) is 16.3 Å². The molecule has 7 nitrogen and oxygen atoms in total. The number of hydrogen-bond donors (Lipinski definition) is 1. The predicted octanol–water partition coefficient (Wildman–Crippen LogP) is 4.56. The van der Waals surface area contributed by atoms with Crippen molar-refractivity contribution in [2.45, 2.75) is 44.2 Å². The summed E-state index contributed by atoms with van der Waals surface area (Å²) in [6, 6.07) is 6.55. The average molecular weight is 497 g/mol. The van der Waals surface area contributed by atoms with Gasteiger partial charge in [0.1, 0.15) is 17.3 Å². The number of halogens is 4. The number of aromatic nitrogens is 1. The maximum absolute atomic E-state index is 13.5. The van der Waals surface area contributed by atoms with Crippen LogP contribution in [0.2, 0.25) is 5.02 Å². The standard InChI is InChI=1S/C23H24ClF3N4O3/c24-18-7-6-17(11-19(18)25)34-13-21(32)29-14-1-3-15(4-2-14)30-9-10-31(23(30)33)16-5-8-20(22(26)27)28-12-16/h5-8,11-12,14-15,22H,1-4,9-10,13H2,(H,29,32). The largest absolute Gasteiger partial charge is 0.484 e. The van der Waals surface area contributed by atoms with E-state index in [1.165, 1.54) is 30.5 Å². The zero-order valence-electron chi connectivity index (χ0n) is 18.2. The number of benzene rings is 1. The molecule has 0 atom stereocenters. The predicted molar refractivity (Wildman–Crippen MR) is 120 cm³/mol. The third kappa shape index (κ3) is 5.55. The van der Waals surface area contributed by atoms with Gasteiger partial charge < -0.3 is 15.0 Å². The van der Waals surface area contributed by atoms with Crippen molar-refractivity contribution in [2.24, 2.45) is 0 Å². The maximum Gasteiger partial charge on any atom is 0.324 e. The lowest BCUT2D eigenvalue weighted by molar-refractivity contribution is -0.124. The Morgan fingerprint density at radius 1 is 1.18 bits per heavy atom. The van der Waals surface area contributed by atoms with Crippen molar-refractivity contribution in [3.63, 3.8) is 0 Å². The number of nitrogens with one attached hydrogen (secondary N) is 1. The topological polar surface area (TPSA) is 74.8 Å². The molecular formula is C23H24ClF3N4O3. The SMILES string of the molecule is O=C(COc1ccc(Cl)c(F)c1)NC1CCC(N2CCN(c3ccc(C(F)F)nc3)C2=O)CC1. The fourth-order valence-electron chi connectivity index (χ4n) is 4.34. The van der Waals surface area contributed by atoms with E-state index in [0.717, 1.165) is 18.9 Å². The lowest BCUT2D eigenvalue weighted by Gasteiger charge is -2.34. The van der Waals surface area contributed by atoms with Crippen LogP contribution in [-0.2, 0) is 4.79 Å². The molecule has 182 valence electrons. The van der Waals surface area contributed by atoms with Gasteiger partial charge in [-0.2, -0.15) is 0 Å². The summed E-state index contributed by atoms with van der Waals surface area (Å²) < 4.78 is 44.2. The number of nitrogens with zero attached hydrogens (tertiary/aromatic N) is 3. The number of hydrogen-bond acceptors (Lipinski definition) is 4. The molecule has 2 fully saturated rings. The molecule has 11 heteroatoms. The second-order valence-electron chi connectivity index (χ2n) is 8.31. The first-order chi connectivity index (χ1) is 16.3. The Labute approximate surface area is 199 Å². The van der Waals surface area contributed by atoms with Gasteiger partial charge >= 0.3 is 6.03 Å². The molecule has 34 heavy (non-hydrogen) atoms. The molecule has 0 radical (unpaired) electrons. The summed E-state index contributed by atoms with van der Waals surface area (Å²) >= 11 is 5.63. The summed E-state index contributed by atoms with van der Waals surface area (Å²) in [6.07, 6.45) is 1.53. The average Bonchev–Trinajstić information content (AvgIpc) is 3.21. The molecule has 2 heterocycles. The van der Waals surface area contributed by atoms with Crippen LogP contribution in [0.15, 0.2) is 36.5 Å². The van der Waals surface area contributed by atoms with Crippen LogP contribution < -0.4 is 15.0 Å². The third-order valence-corrected chi connectivity index (χ3v) is 6.42. The minimum absolute atomic E-state index is 0.0190. The Kier molecular flexibility index (Phi) is 7.45. The van der Waals surface area contributed by atoms with Gasteiger partial charge in [0.2, 0.25) is 0 Å². The van der Waals surface area contributed by atoms with E-state index in [0.29, 0.717) is 31.6 Å². The van der Waals surface area contributed by atoms with Crippen LogP contribution in [0, 0.1) is 5.82 Å². The van der Waals surface area contributed by atoms with E-state index in [1.807, 2.05) is 0 Å². The lowest BCUT2D eigenvalue weighted by atomic mass is 9.90. The molecule has 1 aromatic heterocycles. The molecule has 3 amide bonds. The van der Waals surface area contributed by atoms with Crippen molar-refractivity contribution < 1.29 is 27.5 Å². The number of carbonyl (C=O) groups excluding carboxylic acids is 2. The molecule has 0 unspecified atom stereocenters. The van der Waals surface area contributed by atoms with Gasteiger partial charge in [-0.05, 0) is 49.9 Å². The number of alkyl halides is 2. The van der Waals surface area contributed by atoms with E-state index in [2.05, 4.69) is 10.3 Å². The van der Waals surface area contributed by atoms with E-state index in [9.17, 15) is 22.8 Å². The normalized spacial score (nSPS) is 20.7. The van der Waals surface area contributed by atoms with Gasteiger partial charge in [-0.25, -0.2) is 18.0 Å². The summed E-state index contributed by atoms with van der Waals surface area (Å²) in [5.41, 5.74) is 0.178. The van der Waals surface area contributed by atoms with Crippen molar-refractivity contribution in [1.82, 2.24) is 15.2 Å². The number of rotatable bonds is 7. The minimum Gasteiger partial charge on any atom is -0.484 e. The van der Waals surface area contributed by atoms with Gasteiger partial charge in [0.15, 0.2) is 6.61 Å². The quantitative estimate of drug-likeness (QED) is 0.610. The van der Waals surface area contributed by atoms with Crippen LogP contribution in [0.3, 0.4) is 0 Å². The van der Waals surface area contributed by atoms with E-state index >= 15 is 0 Å². The smallest absolute Gasteiger partial charge is 0.324 e. The Balaban J connectivity index is 1.23. The highest BCUT2D eigenvalue weighted by Gasteiger charge is 2.36. The number of amides is 3. The zero-order valence-corrected chi connectivity index (χ0v) is 19.0. The fraction of sp³-hybridized carbons (Fsp3) is 0.435. The summed E-state index contributed by atoms with van der Waals surface area (Å²) in [4.78, 5) is 32.2. The Bertz CT molecular complexity index is 1030. The van der Waals surface area contributed by atoms with Gasteiger partial charge in [-0.1, -0.05) is 11.6 Å².